The number of carbonyl (C=O) groups excluding carboxylic acids is 1. The van der Waals surface area contributed by atoms with Crippen LogP contribution in [0.15, 0.2) is 36.7 Å². The second-order valence-electron chi connectivity index (χ2n) is 4.04. The molecule has 1 heterocycles. The third-order valence-electron chi connectivity index (χ3n) is 2.46. The third kappa shape index (κ3) is 4.20. The van der Waals surface area contributed by atoms with Gasteiger partial charge in [-0.3, -0.25) is 4.79 Å². The molecule has 2 rings (SSSR count). The second kappa shape index (κ2) is 6.86. The Morgan fingerprint density at radius 2 is 1.90 bits per heavy atom. The van der Waals surface area contributed by atoms with E-state index in [0.717, 1.165) is 5.56 Å². The first kappa shape index (κ1) is 14.3. The minimum Gasteiger partial charge on any atom is -0.464 e. The summed E-state index contributed by atoms with van der Waals surface area (Å²) in [6.45, 7) is 2.35. The summed E-state index contributed by atoms with van der Waals surface area (Å²) >= 11 is 5.79. The van der Waals surface area contributed by atoms with E-state index >= 15 is 0 Å². The van der Waals surface area contributed by atoms with Crippen LogP contribution in [0.5, 0.6) is 6.01 Å². The Kier molecular flexibility index (Phi) is 4.90. The molecule has 0 aliphatic carbocycles. The number of amides is 1. The Hall–Kier alpha value is -2.14. The zero-order valence-corrected chi connectivity index (χ0v) is 11.7. The number of ether oxygens (including phenoxy) is 1. The van der Waals surface area contributed by atoms with E-state index < -0.39 is 0 Å². The van der Waals surface area contributed by atoms with Gasteiger partial charge in [-0.2, -0.15) is 0 Å². The van der Waals surface area contributed by atoms with Crippen LogP contribution in [0.25, 0.3) is 0 Å². The first-order valence-electron chi connectivity index (χ1n) is 6.16. The van der Waals surface area contributed by atoms with Crippen LogP contribution in [0.2, 0.25) is 5.02 Å². The second-order valence-corrected chi connectivity index (χ2v) is 4.48. The number of hydrogen-bond donors (Lipinski definition) is 1. The molecule has 0 radical (unpaired) electrons. The molecule has 5 nitrogen and oxygen atoms in total. The number of halogens is 1. The quantitative estimate of drug-likeness (QED) is 0.920. The normalized spacial score (nSPS) is 10.1. The van der Waals surface area contributed by atoms with Gasteiger partial charge in [0.2, 0.25) is 5.91 Å². The Morgan fingerprint density at radius 3 is 2.50 bits per heavy atom. The van der Waals surface area contributed by atoms with Crippen LogP contribution in [0.3, 0.4) is 0 Å². The van der Waals surface area contributed by atoms with Crippen LogP contribution < -0.4 is 10.1 Å². The third-order valence-corrected chi connectivity index (χ3v) is 2.72. The van der Waals surface area contributed by atoms with Crippen molar-refractivity contribution in [3.8, 4) is 6.01 Å². The summed E-state index contributed by atoms with van der Waals surface area (Å²) in [6, 6.07) is 7.44. The molecule has 6 heteroatoms. The summed E-state index contributed by atoms with van der Waals surface area (Å²) in [5.74, 6) is -0.139. The van der Waals surface area contributed by atoms with Crippen molar-refractivity contribution in [2.24, 2.45) is 0 Å². The van der Waals surface area contributed by atoms with Crippen LogP contribution in [-0.2, 0) is 11.2 Å². The zero-order valence-electron chi connectivity index (χ0n) is 11.0. The molecule has 20 heavy (non-hydrogen) atoms. The van der Waals surface area contributed by atoms with Crippen LogP contribution in [0.4, 0.5) is 5.69 Å². The van der Waals surface area contributed by atoms with Gasteiger partial charge in [0.05, 0.1) is 31.1 Å². The van der Waals surface area contributed by atoms with Gasteiger partial charge < -0.3 is 10.1 Å². The lowest BCUT2D eigenvalue weighted by Crippen LogP contribution is -2.14. The molecule has 1 amide bonds. The molecule has 1 N–H and O–H groups in total. The molecule has 2 aromatic rings. The molecule has 0 aliphatic rings. The SMILES string of the molecule is CCOc1ncc(NC(=O)Cc2ccc(Cl)cc2)cn1. The van der Waals surface area contributed by atoms with E-state index in [9.17, 15) is 4.79 Å². The molecule has 0 fully saturated rings. The lowest BCUT2D eigenvalue weighted by molar-refractivity contribution is -0.115. The standard InChI is InChI=1S/C14H14ClN3O2/c1-2-20-14-16-8-12(9-17-14)18-13(19)7-10-3-5-11(15)6-4-10/h3-6,8-9H,2,7H2,1H3,(H,18,19). The number of anilines is 1. The molecule has 0 spiro atoms. The predicted octanol–water partition coefficient (Wildman–Crippen LogP) is 2.71. The molecule has 104 valence electrons. The molecule has 0 saturated carbocycles. The van der Waals surface area contributed by atoms with Crippen LogP contribution in [0, 0.1) is 0 Å². The average Bonchev–Trinajstić information content (AvgIpc) is 2.44. The van der Waals surface area contributed by atoms with Gasteiger partial charge in [0.15, 0.2) is 0 Å². The summed E-state index contributed by atoms with van der Waals surface area (Å²) in [5.41, 5.74) is 1.42. The van der Waals surface area contributed by atoms with Crippen molar-refractivity contribution >= 4 is 23.2 Å². The molecule has 0 aliphatic heterocycles. The number of aromatic nitrogens is 2. The minimum absolute atomic E-state index is 0.139. The summed E-state index contributed by atoms with van der Waals surface area (Å²) in [6.07, 6.45) is 3.29. The predicted molar refractivity (Wildman–Crippen MR) is 77.0 cm³/mol. The lowest BCUT2D eigenvalue weighted by atomic mass is 10.1. The maximum Gasteiger partial charge on any atom is 0.316 e. The molecule has 0 saturated heterocycles. The van der Waals surface area contributed by atoms with E-state index in [1.165, 1.54) is 12.4 Å². The highest BCUT2D eigenvalue weighted by molar-refractivity contribution is 6.30. The van der Waals surface area contributed by atoms with Crippen LogP contribution >= 0.6 is 11.6 Å². The van der Waals surface area contributed by atoms with Crippen molar-refractivity contribution < 1.29 is 9.53 Å². The maximum atomic E-state index is 11.8. The summed E-state index contributed by atoms with van der Waals surface area (Å²) in [5, 5.41) is 3.37. The zero-order chi connectivity index (χ0) is 14.4. The fraction of sp³-hybridized carbons (Fsp3) is 0.214. The van der Waals surface area contributed by atoms with Crippen LogP contribution in [-0.4, -0.2) is 22.5 Å². The molecular formula is C14H14ClN3O2. The highest BCUT2D eigenvalue weighted by Crippen LogP contribution is 2.11. The smallest absolute Gasteiger partial charge is 0.316 e. The van der Waals surface area contributed by atoms with E-state index in [2.05, 4.69) is 15.3 Å². The van der Waals surface area contributed by atoms with Crippen molar-refractivity contribution in [3.05, 3.63) is 47.2 Å². The molecule has 0 bridgehead atoms. The van der Waals surface area contributed by atoms with Gasteiger partial charge in [-0.25, -0.2) is 9.97 Å². The summed E-state index contributed by atoms with van der Waals surface area (Å²) in [4.78, 5) is 19.8. The summed E-state index contributed by atoms with van der Waals surface area (Å²) in [7, 11) is 0. The van der Waals surface area contributed by atoms with Gasteiger partial charge >= 0.3 is 6.01 Å². The molecule has 1 aromatic carbocycles. The van der Waals surface area contributed by atoms with Crippen molar-refractivity contribution in [3.63, 3.8) is 0 Å². The fourth-order valence-corrected chi connectivity index (χ4v) is 1.70. The Labute approximate surface area is 122 Å². The molecule has 1 aromatic heterocycles. The topological polar surface area (TPSA) is 64.1 Å². The molecular weight excluding hydrogens is 278 g/mol. The maximum absolute atomic E-state index is 11.8. The number of nitrogens with one attached hydrogen (secondary N) is 1. The van der Waals surface area contributed by atoms with Crippen molar-refractivity contribution in [1.82, 2.24) is 9.97 Å². The number of carbonyl (C=O) groups is 1. The van der Waals surface area contributed by atoms with Crippen LogP contribution in [0.1, 0.15) is 12.5 Å². The van der Waals surface area contributed by atoms with E-state index in [-0.39, 0.29) is 12.3 Å². The van der Waals surface area contributed by atoms with Crippen molar-refractivity contribution in [1.29, 1.82) is 0 Å². The Morgan fingerprint density at radius 1 is 1.25 bits per heavy atom. The van der Waals surface area contributed by atoms with Gasteiger partial charge in [0, 0.05) is 5.02 Å². The lowest BCUT2D eigenvalue weighted by Gasteiger charge is -2.05. The highest BCUT2D eigenvalue weighted by Gasteiger charge is 2.05. The van der Waals surface area contributed by atoms with Gasteiger partial charge in [-0.15, -0.1) is 0 Å². The molecule has 0 unspecified atom stereocenters. The minimum atomic E-state index is -0.139. The van der Waals surface area contributed by atoms with Crippen molar-refractivity contribution in [2.75, 3.05) is 11.9 Å². The number of benzene rings is 1. The molecule has 0 atom stereocenters. The first-order valence-corrected chi connectivity index (χ1v) is 6.54. The van der Waals surface area contributed by atoms with E-state index in [1.54, 1.807) is 12.1 Å². The number of nitrogens with zero attached hydrogens (tertiary/aromatic N) is 2. The monoisotopic (exact) mass is 291 g/mol. The van der Waals surface area contributed by atoms with Gasteiger partial charge in [0.1, 0.15) is 0 Å². The van der Waals surface area contributed by atoms with E-state index in [1.807, 2.05) is 19.1 Å². The summed E-state index contributed by atoms with van der Waals surface area (Å²) < 4.78 is 5.13. The first-order chi connectivity index (χ1) is 9.67. The highest BCUT2D eigenvalue weighted by atomic mass is 35.5. The fourth-order valence-electron chi connectivity index (χ4n) is 1.58. The van der Waals surface area contributed by atoms with Gasteiger partial charge in [-0.05, 0) is 24.6 Å². The Bertz CT molecular complexity index is 570. The Balaban J connectivity index is 1.92. The van der Waals surface area contributed by atoms with Gasteiger partial charge in [-0.1, -0.05) is 23.7 Å². The largest absolute Gasteiger partial charge is 0.464 e. The van der Waals surface area contributed by atoms with Gasteiger partial charge in [0.25, 0.3) is 0 Å². The van der Waals surface area contributed by atoms with E-state index in [4.69, 9.17) is 16.3 Å². The average molecular weight is 292 g/mol. The van der Waals surface area contributed by atoms with Crippen molar-refractivity contribution in [2.45, 2.75) is 13.3 Å². The number of rotatable bonds is 5. The van der Waals surface area contributed by atoms with E-state index in [0.29, 0.717) is 23.3 Å². The number of hydrogen-bond acceptors (Lipinski definition) is 4.